The van der Waals surface area contributed by atoms with E-state index in [1.54, 1.807) is 12.1 Å². The molecule has 0 aromatic heterocycles. The largest absolute Gasteiger partial charge is 0.469 e. The number of carbonyl (C=O) groups excluding carboxylic acids is 2. The Labute approximate surface area is 171 Å². The number of methoxy groups -OCH3 is 1. The molecule has 0 aliphatic heterocycles. The van der Waals surface area contributed by atoms with Crippen molar-refractivity contribution in [2.75, 3.05) is 7.11 Å². The van der Waals surface area contributed by atoms with E-state index < -0.39 is 11.5 Å². The molecule has 0 bridgehead atoms. The second kappa shape index (κ2) is 9.20. The van der Waals surface area contributed by atoms with Crippen LogP contribution in [0, 0.1) is 5.41 Å². The lowest BCUT2D eigenvalue weighted by molar-refractivity contribution is -0.153. The molecule has 0 unspecified atom stereocenters. The molecule has 0 radical (unpaired) electrons. The number of rotatable bonds is 7. The minimum absolute atomic E-state index is 0.234. The van der Waals surface area contributed by atoms with Crippen molar-refractivity contribution in [2.24, 2.45) is 5.41 Å². The minimum atomic E-state index is -0.998. The van der Waals surface area contributed by atoms with Crippen molar-refractivity contribution in [3.63, 3.8) is 0 Å². The van der Waals surface area contributed by atoms with Crippen LogP contribution in [0.25, 0.3) is 0 Å². The number of ether oxygens (including phenoxy) is 1. The Morgan fingerprint density at radius 2 is 1.38 bits per heavy atom. The fourth-order valence-corrected chi connectivity index (χ4v) is 3.61. The van der Waals surface area contributed by atoms with Crippen molar-refractivity contribution in [2.45, 2.75) is 19.4 Å². The smallest absolute Gasteiger partial charge is 0.314 e. The van der Waals surface area contributed by atoms with E-state index in [9.17, 15) is 9.59 Å². The van der Waals surface area contributed by atoms with Gasteiger partial charge >= 0.3 is 5.97 Å². The predicted octanol–water partition coefficient (Wildman–Crippen LogP) is 4.58. The first-order valence-electron chi connectivity index (χ1n) is 9.58. The molecule has 2 atom stereocenters. The number of esters is 1. The number of nitrogens with one attached hydrogen (secondary N) is 1. The molecule has 148 valence electrons. The minimum Gasteiger partial charge on any atom is -0.469 e. The first-order chi connectivity index (χ1) is 14.0. The Bertz CT molecular complexity index is 942. The topological polar surface area (TPSA) is 55.4 Å². The molecule has 3 rings (SSSR count). The van der Waals surface area contributed by atoms with Crippen molar-refractivity contribution in [1.29, 1.82) is 0 Å². The quantitative estimate of drug-likeness (QED) is 0.604. The fourth-order valence-electron chi connectivity index (χ4n) is 3.61. The molecule has 4 nitrogen and oxygen atoms in total. The maximum absolute atomic E-state index is 13.0. The van der Waals surface area contributed by atoms with Gasteiger partial charge in [0.15, 0.2) is 0 Å². The lowest BCUT2D eigenvalue weighted by atomic mass is 9.74. The zero-order valence-electron chi connectivity index (χ0n) is 16.7. The summed E-state index contributed by atoms with van der Waals surface area (Å²) in [6.07, 6.45) is 0.426. The summed E-state index contributed by atoms with van der Waals surface area (Å²) in [5, 5.41) is 3.09. The van der Waals surface area contributed by atoms with E-state index in [2.05, 4.69) is 5.32 Å². The molecule has 0 spiro atoms. The van der Waals surface area contributed by atoms with Gasteiger partial charge in [0.05, 0.1) is 18.6 Å². The standard InChI is InChI=1S/C25H25NO3/c1-25(24(28)29-2,18-19-12-6-3-7-13-19)22(20-14-8-4-9-15-20)26-23(27)21-16-10-5-11-17-21/h3-17,22H,18H2,1-2H3,(H,26,27)/t22-,25-/m1/s1. The average Bonchev–Trinajstić information content (AvgIpc) is 2.78. The molecule has 29 heavy (non-hydrogen) atoms. The lowest BCUT2D eigenvalue weighted by Crippen LogP contribution is -2.46. The SMILES string of the molecule is COC(=O)[C@](C)(Cc1ccccc1)[C@H](NC(=O)c1ccccc1)c1ccccc1. The Balaban J connectivity index is 2.03. The van der Waals surface area contributed by atoms with E-state index >= 15 is 0 Å². The van der Waals surface area contributed by atoms with Crippen LogP contribution in [0.5, 0.6) is 0 Å². The van der Waals surface area contributed by atoms with Gasteiger partial charge in [-0.2, -0.15) is 0 Å². The Morgan fingerprint density at radius 1 is 0.862 bits per heavy atom. The van der Waals surface area contributed by atoms with E-state index in [0.29, 0.717) is 12.0 Å². The highest BCUT2D eigenvalue weighted by atomic mass is 16.5. The maximum Gasteiger partial charge on any atom is 0.314 e. The monoisotopic (exact) mass is 387 g/mol. The summed E-state index contributed by atoms with van der Waals surface area (Å²) in [5.41, 5.74) is 1.39. The Morgan fingerprint density at radius 3 is 1.93 bits per heavy atom. The molecule has 4 heteroatoms. The Hall–Kier alpha value is -3.40. The molecule has 0 saturated heterocycles. The fraction of sp³-hybridized carbons (Fsp3) is 0.200. The second-order valence-electron chi connectivity index (χ2n) is 7.25. The van der Waals surface area contributed by atoms with Crippen LogP contribution in [0.4, 0.5) is 0 Å². The van der Waals surface area contributed by atoms with Gasteiger partial charge in [0.1, 0.15) is 0 Å². The third kappa shape index (κ3) is 4.72. The highest BCUT2D eigenvalue weighted by molar-refractivity contribution is 5.95. The van der Waals surface area contributed by atoms with Crippen LogP contribution >= 0.6 is 0 Å². The van der Waals surface area contributed by atoms with Crippen molar-refractivity contribution < 1.29 is 14.3 Å². The van der Waals surface area contributed by atoms with Crippen LogP contribution in [-0.4, -0.2) is 19.0 Å². The number of benzene rings is 3. The number of amides is 1. The molecule has 1 N–H and O–H groups in total. The molecule has 0 aliphatic carbocycles. The lowest BCUT2D eigenvalue weighted by Gasteiger charge is -2.36. The predicted molar refractivity (Wildman–Crippen MR) is 113 cm³/mol. The maximum atomic E-state index is 13.0. The third-order valence-corrected chi connectivity index (χ3v) is 5.15. The molecule has 0 heterocycles. The van der Waals surface area contributed by atoms with Crippen LogP contribution in [0.1, 0.15) is 34.5 Å². The molecule has 1 amide bonds. The van der Waals surface area contributed by atoms with E-state index in [0.717, 1.165) is 11.1 Å². The molecule has 3 aromatic rings. The van der Waals surface area contributed by atoms with Gasteiger partial charge < -0.3 is 10.1 Å². The summed E-state index contributed by atoms with van der Waals surface area (Å²) in [6, 6.07) is 27.7. The van der Waals surface area contributed by atoms with Gasteiger partial charge in [-0.1, -0.05) is 78.9 Å². The molecular weight excluding hydrogens is 362 g/mol. The highest BCUT2D eigenvalue weighted by Gasteiger charge is 2.44. The van der Waals surface area contributed by atoms with Gasteiger partial charge in [-0.15, -0.1) is 0 Å². The first kappa shape index (κ1) is 20.3. The normalized spacial score (nSPS) is 13.7. The van der Waals surface area contributed by atoms with E-state index in [-0.39, 0.29) is 11.9 Å². The van der Waals surface area contributed by atoms with Crippen LogP contribution in [-0.2, 0) is 16.0 Å². The number of hydrogen-bond donors (Lipinski definition) is 1. The van der Waals surface area contributed by atoms with Crippen LogP contribution in [0.15, 0.2) is 91.0 Å². The van der Waals surface area contributed by atoms with Crippen molar-refractivity contribution >= 4 is 11.9 Å². The molecule has 0 saturated carbocycles. The van der Waals surface area contributed by atoms with Gasteiger partial charge in [0, 0.05) is 5.56 Å². The van der Waals surface area contributed by atoms with E-state index in [1.807, 2.05) is 85.8 Å². The van der Waals surface area contributed by atoms with E-state index in [1.165, 1.54) is 7.11 Å². The summed E-state index contributed by atoms with van der Waals surface area (Å²) in [6.45, 7) is 1.84. The molecular formula is C25H25NO3. The van der Waals surface area contributed by atoms with E-state index in [4.69, 9.17) is 4.74 Å². The molecule has 0 aliphatic rings. The van der Waals surface area contributed by atoms with Crippen LogP contribution in [0.2, 0.25) is 0 Å². The summed E-state index contributed by atoms with van der Waals surface area (Å²) < 4.78 is 5.19. The third-order valence-electron chi connectivity index (χ3n) is 5.15. The first-order valence-corrected chi connectivity index (χ1v) is 9.58. The number of carbonyl (C=O) groups is 2. The average molecular weight is 387 g/mol. The van der Waals surface area contributed by atoms with Crippen molar-refractivity contribution in [3.05, 3.63) is 108 Å². The van der Waals surface area contributed by atoms with Gasteiger partial charge in [-0.3, -0.25) is 9.59 Å². The number of hydrogen-bond acceptors (Lipinski definition) is 3. The highest BCUT2D eigenvalue weighted by Crippen LogP contribution is 2.38. The zero-order valence-corrected chi connectivity index (χ0v) is 16.7. The van der Waals surface area contributed by atoms with Crippen molar-refractivity contribution in [1.82, 2.24) is 5.32 Å². The van der Waals surface area contributed by atoms with Gasteiger partial charge in [-0.25, -0.2) is 0 Å². The van der Waals surface area contributed by atoms with Crippen LogP contribution in [0.3, 0.4) is 0 Å². The molecule has 3 aromatic carbocycles. The summed E-state index contributed by atoms with van der Waals surface area (Å²) in [4.78, 5) is 26.0. The van der Waals surface area contributed by atoms with Gasteiger partial charge in [0.25, 0.3) is 5.91 Å². The second-order valence-corrected chi connectivity index (χ2v) is 7.25. The van der Waals surface area contributed by atoms with Crippen molar-refractivity contribution in [3.8, 4) is 0 Å². The zero-order chi connectivity index (χ0) is 20.7. The molecule has 0 fully saturated rings. The summed E-state index contributed by atoms with van der Waals surface area (Å²) in [7, 11) is 1.38. The van der Waals surface area contributed by atoms with Gasteiger partial charge in [-0.05, 0) is 36.6 Å². The summed E-state index contributed by atoms with van der Waals surface area (Å²) in [5.74, 6) is -0.605. The van der Waals surface area contributed by atoms with Crippen LogP contribution < -0.4 is 5.32 Å². The summed E-state index contributed by atoms with van der Waals surface area (Å²) >= 11 is 0. The Kier molecular flexibility index (Phi) is 6.45. The van der Waals surface area contributed by atoms with Gasteiger partial charge in [0.2, 0.25) is 0 Å².